The second kappa shape index (κ2) is 8.10. The number of anilines is 1. The lowest BCUT2D eigenvalue weighted by molar-refractivity contribution is -0.115. The highest BCUT2D eigenvalue weighted by Gasteiger charge is 2.08. The summed E-state index contributed by atoms with van der Waals surface area (Å²) in [5.74, 6) is -0.713. The van der Waals surface area contributed by atoms with Gasteiger partial charge in [0, 0.05) is 17.8 Å². The van der Waals surface area contributed by atoms with Crippen molar-refractivity contribution in [2.45, 2.75) is 20.4 Å². The van der Waals surface area contributed by atoms with E-state index in [2.05, 4.69) is 16.0 Å². The molecule has 0 aliphatic carbocycles. The Labute approximate surface area is 140 Å². The van der Waals surface area contributed by atoms with Crippen molar-refractivity contribution in [2.24, 2.45) is 0 Å². The Morgan fingerprint density at radius 1 is 1.00 bits per heavy atom. The predicted octanol–water partition coefficient (Wildman–Crippen LogP) is 2.88. The van der Waals surface area contributed by atoms with Crippen molar-refractivity contribution in [3.8, 4) is 0 Å². The number of hydrogen-bond acceptors (Lipinski definition) is 2. The van der Waals surface area contributed by atoms with Crippen molar-refractivity contribution in [3.63, 3.8) is 0 Å². The maximum Gasteiger partial charge on any atom is 0.315 e. The Bertz CT molecular complexity index is 747. The number of carbonyl (C=O) groups is 2. The van der Waals surface area contributed by atoms with Gasteiger partial charge in [0.15, 0.2) is 0 Å². The van der Waals surface area contributed by atoms with Crippen LogP contribution in [0.5, 0.6) is 0 Å². The van der Waals surface area contributed by atoms with Gasteiger partial charge in [-0.05, 0) is 37.1 Å². The zero-order chi connectivity index (χ0) is 17.5. The SMILES string of the molecule is Cc1cccc(NC(=O)CNC(=O)NCc2ccccc2F)c1C. The number of halogens is 1. The fourth-order valence-corrected chi connectivity index (χ4v) is 2.12. The first kappa shape index (κ1) is 17.5. The summed E-state index contributed by atoms with van der Waals surface area (Å²) in [6.45, 7) is 3.76. The van der Waals surface area contributed by atoms with Gasteiger partial charge >= 0.3 is 6.03 Å². The van der Waals surface area contributed by atoms with Crippen LogP contribution in [0.3, 0.4) is 0 Å². The lowest BCUT2D eigenvalue weighted by Crippen LogP contribution is -2.39. The number of aryl methyl sites for hydroxylation is 1. The number of carbonyl (C=O) groups excluding carboxylic acids is 2. The van der Waals surface area contributed by atoms with E-state index in [9.17, 15) is 14.0 Å². The first-order valence-corrected chi connectivity index (χ1v) is 7.58. The van der Waals surface area contributed by atoms with Crippen LogP contribution < -0.4 is 16.0 Å². The minimum atomic E-state index is -0.533. The number of benzene rings is 2. The normalized spacial score (nSPS) is 10.1. The standard InChI is InChI=1S/C18H20FN3O2/c1-12-6-5-9-16(13(12)2)22-17(23)11-21-18(24)20-10-14-7-3-4-8-15(14)19/h3-9H,10-11H2,1-2H3,(H,22,23)(H2,20,21,24). The van der Waals surface area contributed by atoms with Crippen LogP contribution in [0, 0.1) is 19.7 Å². The Morgan fingerprint density at radius 2 is 1.75 bits per heavy atom. The fourth-order valence-electron chi connectivity index (χ4n) is 2.12. The summed E-state index contributed by atoms with van der Waals surface area (Å²) in [5.41, 5.74) is 3.15. The summed E-state index contributed by atoms with van der Waals surface area (Å²) < 4.78 is 13.4. The van der Waals surface area contributed by atoms with Gasteiger partial charge in [0.2, 0.25) is 5.91 Å². The van der Waals surface area contributed by atoms with E-state index in [-0.39, 0.29) is 24.8 Å². The highest BCUT2D eigenvalue weighted by molar-refractivity contribution is 5.95. The Hall–Kier alpha value is -2.89. The van der Waals surface area contributed by atoms with E-state index in [1.807, 2.05) is 26.0 Å². The van der Waals surface area contributed by atoms with E-state index in [0.717, 1.165) is 11.1 Å². The topological polar surface area (TPSA) is 70.2 Å². The smallest absolute Gasteiger partial charge is 0.315 e. The second-order valence-electron chi connectivity index (χ2n) is 5.42. The molecular formula is C18H20FN3O2. The molecule has 2 rings (SSSR count). The van der Waals surface area contributed by atoms with Crippen molar-refractivity contribution in [2.75, 3.05) is 11.9 Å². The molecule has 126 valence electrons. The monoisotopic (exact) mass is 329 g/mol. The molecule has 24 heavy (non-hydrogen) atoms. The highest BCUT2D eigenvalue weighted by Crippen LogP contribution is 2.17. The number of nitrogens with one attached hydrogen (secondary N) is 3. The maximum atomic E-state index is 13.4. The zero-order valence-electron chi connectivity index (χ0n) is 13.7. The molecule has 3 amide bonds. The van der Waals surface area contributed by atoms with Crippen molar-refractivity contribution >= 4 is 17.6 Å². The van der Waals surface area contributed by atoms with Crippen LogP contribution in [-0.4, -0.2) is 18.5 Å². The molecule has 0 fully saturated rings. The van der Waals surface area contributed by atoms with E-state index in [1.54, 1.807) is 24.3 Å². The fraction of sp³-hybridized carbons (Fsp3) is 0.222. The van der Waals surface area contributed by atoms with Gasteiger partial charge in [0.05, 0.1) is 6.54 Å². The molecule has 0 atom stereocenters. The van der Waals surface area contributed by atoms with Gasteiger partial charge in [-0.2, -0.15) is 0 Å². The van der Waals surface area contributed by atoms with Gasteiger partial charge in [0.1, 0.15) is 5.82 Å². The van der Waals surface area contributed by atoms with Gasteiger partial charge in [0.25, 0.3) is 0 Å². The van der Waals surface area contributed by atoms with Crippen LogP contribution in [0.2, 0.25) is 0 Å². The van der Waals surface area contributed by atoms with Crippen LogP contribution in [0.1, 0.15) is 16.7 Å². The number of hydrogen-bond donors (Lipinski definition) is 3. The molecule has 0 radical (unpaired) electrons. The lowest BCUT2D eigenvalue weighted by atomic mass is 10.1. The van der Waals surface area contributed by atoms with Gasteiger partial charge < -0.3 is 16.0 Å². The molecular weight excluding hydrogens is 309 g/mol. The third-order valence-electron chi connectivity index (χ3n) is 3.69. The summed E-state index contributed by atoms with van der Waals surface area (Å²) in [5, 5.41) is 7.70. The van der Waals surface area contributed by atoms with E-state index in [4.69, 9.17) is 0 Å². The highest BCUT2D eigenvalue weighted by atomic mass is 19.1. The minimum Gasteiger partial charge on any atom is -0.334 e. The predicted molar refractivity (Wildman–Crippen MR) is 91.2 cm³/mol. The summed E-state index contributed by atoms with van der Waals surface area (Å²) in [6.07, 6.45) is 0. The summed E-state index contributed by atoms with van der Waals surface area (Å²) in [6, 6.07) is 11.3. The summed E-state index contributed by atoms with van der Waals surface area (Å²) >= 11 is 0. The number of urea groups is 1. The van der Waals surface area contributed by atoms with E-state index < -0.39 is 6.03 Å². The molecule has 0 saturated heterocycles. The van der Waals surface area contributed by atoms with Crippen molar-refractivity contribution in [1.29, 1.82) is 0 Å². The average Bonchev–Trinajstić information content (AvgIpc) is 2.56. The molecule has 0 spiro atoms. The Morgan fingerprint density at radius 3 is 2.50 bits per heavy atom. The van der Waals surface area contributed by atoms with Gasteiger partial charge in [-0.3, -0.25) is 4.79 Å². The van der Waals surface area contributed by atoms with Crippen molar-refractivity contribution < 1.29 is 14.0 Å². The first-order valence-electron chi connectivity index (χ1n) is 7.58. The largest absolute Gasteiger partial charge is 0.334 e. The molecule has 6 heteroatoms. The molecule has 0 aliphatic rings. The summed E-state index contributed by atoms with van der Waals surface area (Å²) in [7, 11) is 0. The van der Waals surface area contributed by atoms with E-state index >= 15 is 0 Å². The van der Waals surface area contributed by atoms with Gasteiger partial charge in [-0.1, -0.05) is 30.3 Å². The van der Waals surface area contributed by atoms with Crippen LogP contribution in [0.25, 0.3) is 0 Å². The van der Waals surface area contributed by atoms with Crippen molar-refractivity contribution in [1.82, 2.24) is 10.6 Å². The Balaban J connectivity index is 1.78. The Kier molecular flexibility index (Phi) is 5.89. The maximum absolute atomic E-state index is 13.4. The molecule has 5 nitrogen and oxygen atoms in total. The number of amides is 3. The van der Waals surface area contributed by atoms with Crippen LogP contribution in [0.15, 0.2) is 42.5 Å². The third kappa shape index (κ3) is 4.81. The van der Waals surface area contributed by atoms with E-state index in [1.165, 1.54) is 6.07 Å². The minimum absolute atomic E-state index is 0.0527. The molecule has 0 aliphatic heterocycles. The molecule has 0 bridgehead atoms. The van der Waals surface area contributed by atoms with Crippen LogP contribution in [-0.2, 0) is 11.3 Å². The second-order valence-corrected chi connectivity index (χ2v) is 5.42. The molecule has 0 aromatic heterocycles. The van der Waals surface area contributed by atoms with Gasteiger partial charge in [-0.15, -0.1) is 0 Å². The van der Waals surface area contributed by atoms with Crippen LogP contribution in [0.4, 0.5) is 14.9 Å². The molecule has 2 aromatic carbocycles. The summed E-state index contributed by atoms with van der Waals surface area (Å²) in [4.78, 5) is 23.6. The molecule has 3 N–H and O–H groups in total. The molecule has 0 saturated carbocycles. The van der Waals surface area contributed by atoms with Crippen LogP contribution >= 0.6 is 0 Å². The first-order chi connectivity index (χ1) is 11.5. The molecule has 0 heterocycles. The lowest BCUT2D eigenvalue weighted by Gasteiger charge is -2.11. The molecule has 2 aromatic rings. The quantitative estimate of drug-likeness (QED) is 0.789. The van der Waals surface area contributed by atoms with Gasteiger partial charge in [-0.25, -0.2) is 9.18 Å². The average molecular weight is 329 g/mol. The molecule has 0 unspecified atom stereocenters. The van der Waals surface area contributed by atoms with E-state index in [0.29, 0.717) is 11.3 Å². The number of rotatable bonds is 5. The third-order valence-corrected chi connectivity index (χ3v) is 3.69. The zero-order valence-corrected chi connectivity index (χ0v) is 13.7. The van der Waals surface area contributed by atoms with Crippen molar-refractivity contribution in [3.05, 3.63) is 65.0 Å².